The van der Waals surface area contributed by atoms with Crippen LogP contribution in [0.2, 0.25) is 0 Å². The molecule has 0 fully saturated rings. The summed E-state index contributed by atoms with van der Waals surface area (Å²) in [5.41, 5.74) is 2.00. The van der Waals surface area contributed by atoms with E-state index in [1.54, 1.807) is 16.3 Å². The maximum absolute atomic E-state index is 13.2. The van der Waals surface area contributed by atoms with Crippen LogP contribution in [0.4, 0.5) is 5.13 Å². The largest absolute Gasteiger partial charge is 0.300 e. The predicted octanol–water partition coefficient (Wildman–Crippen LogP) is 3.67. The lowest BCUT2D eigenvalue weighted by atomic mass is 10.1. The third-order valence-electron chi connectivity index (χ3n) is 4.78. The van der Waals surface area contributed by atoms with E-state index in [9.17, 15) is 9.59 Å². The summed E-state index contributed by atoms with van der Waals surface area (Å²) in [7, 11) is 0. The van der Waals surface area contributed by atoms with E-state index in [-0.39, 0.29) is 17.2 Å². The number of carbonyl (C=O) groups excluding carboxylic acids is 1. The monoisotopic (exact) mass is 473 g/mol. The summed E-state index contributed by atoms with van der Waals surface area (Å²) >= 11 is 4.26. The van der Waals surface area contributed by atoms with E-state index in [0.717, 1.165) is 40.4 Å². The highest BCUT2D eigenvalue weighted by molar-refractivity contribution is 8.00. The van der Waals surface area contributed by atoms with Gasteiger partial charge in [0.2, 0.25) is 11.0 Å². The quantitative estimate of drug-likeness (QED) is 0.394. The van der Waals surface area contributed by atoms with E-state index in [1.807, 2.05) is 25.1 Å². The van der Waals surface area contributed by atoms with E-state index < -0.39 is 0 Å². The molecular weight excluding hydrogens is 450 g/mol. The van der Waals surface area contributed by atoms with Gasteiger partial charge in [-0.25, -0.2) is 4.98 Å². The summed E-state index contributed by atoms with van der Waals surface area (Å²) in [5.74, 6) is -0.0313. The zero-order valence-electron chi connectivity index (χ0n) is 17.3. The molecule has 0 unspecified atom stereocenters. The number of aryl methyl sites for hydroxylation is 2. The third kappa shape index (κ3) is 5.36. The normalized spacial score (nSPS) is 15.1. The number of anilines is 1. The molecule has 1 N–H and O–H groups in total. The van der Waals surface area contributed by atoms with Gasteiger partial charge in [-0.05, 0) is 18.4 Å². The van der Waals surface area contributed by atoms with Crippen LogP contribution in [0.25, 0.3) is 0 Å². The van der Waals surface area contributed by atoms with Crippen molar-refractivity contribution < 1.29 is 4.79 Å². The van der Waals surface area contributed by atoms with Crippen LogP contribution in [-0.4, -0.2) is 36.7 Å². The number of nitrogens with one attached hydrogen (secondary N) is 1. The van der Waals surface area contributed by atoms with Gasteiger partial charge in [-0.15, -0.1) is 22.0 Å². The van der Waals surface area contributed by atoms with Crippen molar-refractivity contribution >= 4 is 45.9 Å². The van der Waals surface area contributed by atoms with Crippen molar-refractivity contribution in [1.82, 2.24) is 19.7 Å². The van der Waals surface area contributed by atoms with Gasteiger partial charge in [0.25, 0.3) is 5.56 Å². The van der Waals surface area contributed by atoms with E-state index >= 15 is 0 Å². The number of hydrogen-bond acceptors (Lipinski definition) is 8. The fourth-order valence-electron chi connectivity index (χ4n) is 3.26. The Balaban J connectivity index is 1.51. The number of rotatable bonds is 8. The van der Waals surface area contributed by atoms with Gasteiger partial charge in [-0.2, -0.15) is 0 Å². The number of aromatic nitrogens is 4. The Kier molecular flexibility index (Phi) is 7.09. The minimum absolute atomic E-state index is 0.00472. The summed E-state index contributed by atoms with van der Waals surface area (Å²) in [4.78, 5) is 31.1. The van der Waals surface area contributed by atoms with Gasteiger partial charge < -0.3 is 0 Å². The second-order valence-electron chi connectivity index (χ2n) is 7.19. The molecule has 3 heterocycles. The molecule has 0 saturated heterocycles. The molecule has 1 aliphatic rings. The molecule has 4 rings (SSSR count). The molecule has 1 aromatic carbocycles. The number of nitrogens with zero attached hydrogens (tertiary/aromatic N) is 4. The zero-order chi connectivity index (χ0) is 21.8. The lowest BCUT2D eigenvalue weighted by Gasteiger charge is -2.13. The first-order valence-electron chi connectivity index (χ1n) is 10.1. The van der Waals surface area contributed by atoms with Crippen LogP contribution < -0.4 is 10.9 Å². The van der Waals surface area contributed by atoms with Crippen LogP contribution in [0.15, 0.2) is 45.2 Å². The lowest BCUT2D eigenvalue weighted by Crippen LogP contribution is -2.27. The Morgan fingerprint density at radius 1 is 1.29 bits per heavy atom. The molecule has 0 saturated carbocycles. The zero-order valence-corrected chi connectivity index (χ0v) is 19.8. The Morgan fingerprint density at radius 3 is 2.84 bits per heavy atom. The predicted molar refractivity (Wildman–Crippen MR) is 126 cm³/mol. The van der Waals surface area contributed by atoms with Gasteiger partial charge in [0.1, 0.15) is 5.01 Å². The summed E-state index contributed by atoms with van der Waals surface area (Å²) in [5, 5.41) is 13.1. The number of benzene rings is 1. The van der Waals surface area contributed by atoms with Crippen LogP contribution in [-0.2, 0) is 30.6 Å². The van der Waals surface area contributed by atoms with Crippen molar-refractivity contribution in [3.8, 4) is 0 Å². The molecule has 7 nitrogen and oxygen atoms in total. The third-order valence-corrected chi connectivity index (χ3v) is 7.95. The molecule has 0 aliphatic carbocycles. The Hall–Kier alpha value is -2.17. The summed E-state index contributed by atoms with van der Waals surface area (Å²) in [6, 6.07) is 10.1. The van der Waals surface area contributed by atoms with E-state index in [4.69, 9.17) is 4.98 Å². The average Bonchev–Trinajstić information content (AvgIpc) is 3.38. The maximum Gasteiger partial charge on any atom is 0.268 e. The summed E-state index contributed by atoms with van der Waals surface area (Å²) in [6.45, 7) is 4.63. The minimum Gasteiger partial charge on any atom is -0.300 e. The second-order valence-corrected chi connectivity index (χ2v) is 10.6. The Labute approximate surface area is 193 Å². The van der Waals surface area contributed by atoms with Crippen LogP contribution in [0.5, 0.6) is 0 Å². The first-order chi connectivity index (χ1) is 15.0. The summed E-state index contributed by atoms with van der Waals surface area (Å²) in [6.07, 6.45) is 2.29. The van der Waals surface area contributed by atoms with Crippen LogP contribution >= 0.6 is 34.9 Å². The maximum atomic E-state index is 13.2. The molecule has 0 spiro atoms. The van der Waals surface area contributed by atoms with Crippen molar-refractivity contribution in [2.24, 2.45) is 0 Å². The Morgan fingerprint density at radius 2 is 2.10 bits per heavy atom. The highest BCUT2D eigenvalue weighted by Crippen LogP contribution is 2.34. The van der Waals surface area contributed by atoms with E-state index in [0.29, 0.717) is 22.1 Å². The highest BCUT2D eigenvalue weighted by Gasteiger charge is 2.26. The molecule has 162 valence electrons. The smallest absolute Gasteiger partial charge is 0.268 e. The van der Waals surface area contributed by atoms with Crippen molar-refractivity contribution in [2.75, 3.05) is 11.1 Å². The van der Waals surface area contributed by atoms with Gasteiger partial charge in [-0.1, -0.05) is 67.3 Å². The molecular formula is C21H23N5O2S3. The van der Waals surface area contributed by atoms with Crippen LogP contribution in [0.1, 0.15) is 30.1 Å². The molecule has 3 aromatic rings. The van der Waals surface area contributed by atoms with E-state index in [1.165, 1.54) is 23.1 Å². The molecule has 1 aliphatic heterocycles. The molecule has 2 aromatic heterocycles. The molecule has 1 amide bonds. The van der Waals surface area contributed by atoms with Crippen LogP contribution in [0.3, 0.4) is 0 Å². The lowest BCUT2D eigenvalue weighted by molar-refractivity contribution is -0.113. The SMILES string of the molecule is CCc1nnc(NC(=O)CSc2nc3c(c(=O)n2CCc2ccccc2)S[C@@H](C)C3)s1. The Bertz CT molecular complexity index is 1130. The van der Waals surface area contributed by atoms with Crippen molar-refractivity contribution in [3.63, 3.8) is 0 Å². The van der Waals surface area contributed by atoms with Crippen LogP contribution in [0, 0.1) is 0 Å². The number of thioether (sulfide) groups is 2. The minimum atomic E-state index is -0.184. The standard InChI is InChI=1S/C21H23N5O2S3/c1-3-17-24-25-20(31-17)23-16(27)12-29-21-22-15-11-13(2)30-18(15)19(28)26(21)10-9-14-7-5-4-6-8-14/h4-8,13H,3,9-12H2,1-2H3,(H,23,25,27)/t13-/m0/s1. The molecule has 0 radical (unpaired) electrons. The fraction of sp³-hybridized carbons (Fsp3) is 0.381. The van der Waals surface area contributed by atoms with Crippen molar-refractivity contribution in [1.29, 1.82) is 0 Å². The first-order valence-corrected chi connectivity index (χ1v) is 12.8. The van der Waals surface area contributed by atoms with Crippen molar-refractivity contribution in [2.45, 2.75) is 55.0 Å². The highest BCUT2D eigenvalue weighted by atomic mass is 32.2. The molecule has 1 atom stereocenters. The number of hydrogen-bond donors (Lipinski definition) is 1. The molecule has 0 bridgehead atoms. The fourth-order valence-corrected chi connectivity index (χ4v) is 5.91. The summed E-state index contributed by atoms with van der Waals surface area (Å²) < 4.78 is 1.72. The average molecular weight is 474 g/mol. The number of carbonyl (C=O) groups is 1. The number of fused-ring (bicyclic) bond motifs is 1. The first kappa shape index (κ1) is 22.0. The number of amides is 1. The topological polar surface area (TPSA) is 89.8 Å². The van der Waals surface area contributed by atoms with Gasteiger partial charge in [-0.3, -0.25) is 19.5 Å². The van der Waals surface area contributed by atoms with E-state index in [2.05, 4.69) is 34.6 Å². The van der Waals surface area contributed by atoms with Gasteiger partial charge >= 0.3 is 0 Å². The van der Waals surface area contributed by atoms with Crippen molar-refractivity contribution in [3.05, 3.63) is 57.0 Å². The molecule has 10 heteroatoms. The second kappa shape index (κ2) is 9.97. The van der Waals surface area contributed by atoms with Gasteiger partial charge in [0.05, 0.1) is 16.3 Å². The van der Waals surface area contributed by atoms with Gasteiger partial charge in [0.15, 0.2) is 5.16 Å². The van der Waals surface area contributed by atoms with Gasteiger partial charge in [0, 0.05) is 18.2 Å². The molecule has 31 heavy (non-hydrogen) atoms.